The van der Waals surface area contributed by atoms with Crippen LogP contribution in [-0.2, 0) is 0 Å². The molecular formula is C13H16N8. The molecule has 1 aliphatic rings. The van der Waals surface area contributed by atoms with Crippen molar-refractivity contribution >= 4 is 22.8 Å². The van der Waals surface area contributed by atoms with Crippen molar-refractivity contribution in [1.29, 1.82) is 0 Å². The minimum atomic E-state index is 0.266. The first-order valence-corrected chi connectivity index (χ1v) is 7.02. The van der Waals surface area contributed by atoms with Gasteiger partial charge >= 0.3 is 0 Å². The summed E-state index contributed by atoms with van der Waals surface area (Å²) in [6, 6.07) is 0. The maximum atomic E-state index is 5.80. The molecule has 1 atom stereocenters. The Morgan fingerprint density at radius 3 is 3.14 bits per heavy atom. The van der Waals surface area contributed by atoms with E-state index in [0.717, 1.165) is 43.0 Å². The van der Waals surface area contributed by atoms with Gasteiger partial charge in [0.05, 0.1) is 11.6 Å². The number of rotatable bonds is 2. The lowest BCUT2D eigenvalue weighted by atomic mass is 9.97. The minimum Gasteiger partial charge on any atom is -0.368 e. The van der Waals surface area contributed by atoms with E-state index in [9.17, 15) is 0 Å². The number of nitrogen functional groups attached to an aromatic ring is 1. The number of nitrogens with two attached hydrogens (primary N) is 1. The number of hydrogen-bond donors (Lipinski definition) is 3. The molecular weight excluding hydrogens is 268 g/mol. The predicted molar refractivity (Wildman–Crippen MR) is 78.9 cm³/mol. The number of aromatic amines is 2. The second-order valence-corrected chi connectivity index (χ2v) is 5.30. The van der Waals surface area contributed by atoms with Gasteiger partial charge in [-0.1, -0.05) is 0 Å². The first kappa shape index (κ1) is 12.1. The monoisotopic (exact) mass is 284 g/mol. The third-order valence-electron chi connectivity index (χ3n) is 3.93. The predicted octanol–water partition coefficient (Wildman–Crippen LogP) is 1.04. The fourth-order valence-corrected chi connectivity index (χ4v) is 2.97. The SMILES string of the molecule is Nc1nc(N2CCC[C@H](c3ncc[nH]3)C2)c2cn[nH]c2n1. The van der Waals surface area contributed by atoms with Gasteiger partial charge in [-0.2, -0.15) is 15.1 Å². The van der Waals surface area contributed by atoms with E-state index in [1.54, 1.807) is 12.4 Å². The highest BCUT2D eigenvalue weighted by Crippen LogP contribution is 2.30. The van der Waals surface area contributed by atoms with Gasteiger partial charge in [0.1, 0.15) is 11.6 Å². The Hall–Kier alpha value is -2.64. The molecule has 3 aromatic rings. The van der Waals surface area contributed by atoms with Crippen molar-refractivity contribution in [3.05, 3.63) is 24.4 Å². The van der Waals surface area contributed by atoms with Crippen molar-refractivity contribution in [3.63, 3.8) is 0 Å². The van der Waals surface area contributed by atoms with E-state index in [4.69, 9.17) is 5.73 Å². The van der Waals surface area contributed by atoms with Gasteiger partial charge in [0.25, 0.3) is 0 Å². The normalized spacial score (nSPS) is 19.2. The standard InChI is InChI=1S/C13H16N8/c14-13-18-11-9(6-17-20-11)12(19-13)21-5-1-2-8(7-21)10-15-3-4-16-10/h3-4,6,8H,1-2,5,7H2,(H,15,16)(H3,14,17,18,19,20)/t8-/m0/s1. The number of nitrogens with one attached hydrogen (secondary N) is 2. The topological polar surface area (TPSA) is 112 Å². The van der Waals surface area contributed by atoms with E-state index in [0.29, 0.717) is 11.6 Å². The van der Waals surface area contributed by atoms with Gasteiger partial charge in [0.2, 0.25) is 5.95 Å². The van der Waals surface area contributed by atoms with Gasteiger partial charge in [0, 0.05) is 31.4 Å². The van der Waals surface area contributed by atoms with Crippen LogP contribution in [0.5, 0.6) is 0 Å². The number of H-pyrrole nitrogens is 2. The van der Waals surface area contributed by atoms with Crippen LogP contribution < -0.4 is 10.6 Å². The summed E-state index contributed by atoms with van der Waals surface area (Å²) in [6.07, 6.45) is 7.63. The average molecular weight is 284 g/mol. The molecule has 0 bridgehead atoms. The summed E-state index contributed by atoms with van der Waals surface area (Å²) in [5, 5.41) is 7.80. The van der Waals surface area contributed by atoms with Crippen molar-refractivity contribution in [1.82, 2.24) is 30.1 Å². The lowest BCUT2D eigenvalue weighted by Crippen LogP contribution is -2.35. The van der Waals surface area contributed by atoms with Gasteiger partial charge in [-0.3, -0.25) is 5.10 Å². The summed E-state index contributed by atoms with van der Waals surface area (Å²) >= 11 is 0. The molecule has 1 fully saturated rings. The fourth-order valence-electron chi connectivity index (χ4n) is 2.97. The van der Waals surface area contributed by atoms with Crippen LogP contribution in [0.2, 0.25) is 0 Å². The molecule has 0 aliphatic carbocycles. The Balaban J connectivity index is 1.70. The molecule has 0 aromatic carbocycles. The van der Waals surface area contributed by atoms with Crippen molar-refractivity contribution in [2.24, 2.45) is 0 Å². The number of nitrogens with zero attached hydrogens (tertiary/aromatic N) is 5. The van der Waals surface area contributed by atoms with Crippen LogP contribution in [0.15, 0.2) is 18.6 Å². The summed E-state index contributed by atoms with van der Waals surface area (Å²) in [5.41, 5.74) is 6.48. The second kappa shape index (κ2) is 4.72. The van der Waals surface area contributed by atoms with Gasteiger partial charge < -0.3 is 15.6 Å². The van der Waals surface area contributed by atoms with Crippen LogP contribution in [0.3, 0.4) is 0 Å². The molecule has 0 unspecified atom stereocenters. The number of piperidine rings is 1. The van der Waals surface area contributed by atoms with E-state index in [2.05, 4.69) is 35.0 Å². The Morgan fingerprint density at radius 2 is 2.29 bits per heavy atom. The van der Waals surface area contributed by atoms with Gasteiger partial charge in [0.15, 0.2) is 5.65 Å². The quantitative estimate of drug-likeness (QED) is 0.648. The van der Waals surface area contributed by atoms with Crippen LogP contribution in [-0.4, -0.2) is 43.2 Å². The number of anilines is 2. The van der Waals surface area contributed by atoms with E-state index in [1.165, 1.54) is 0 Å². The zero-order valence-corrected chi connectivity index (χ0v) is 11.5. The van der Waals surface area contributed by atoms with E-state index in [1.807, 2.05) is 6.20 Å². The molecule has 0 saturated carbocycles. The summed E-state index contributed by atoms with van der Waals surface area (Å²) in [4.78, 5) is 18.4. The van der Waals surface area contributed by atoms with Crippen LogP contribution in [0.25, 0.3) is 11.0 Å². The molecule has 0 amide bonds. The van der Waals surface area contributed by atoms with Gasteiger partial charge in [-0.05, 0) is 12.8 Å². The largest absolute Gasteiger partial charge is 0.368 e. The smallest absolute Gasteiger partial charge is 0.224 e. The number of imidazole rings is 1. The maximum absolute atomic E-state index is 5.80. The summed E-state index contributed by atoms with van der Waals surface area (Å²) in [5.74, 6) is 2.53. The summed E-state index contributed by atoms with van der Waals surface area (Å²) in [6.45, 7) is 1.82. The molecule has 3 aromatic heterocycles. The first-order chi connectivity index (χ1) is 10.3. The minimum absolute atomic E-state index is 0.266. The van der Waals surface area contributed by atoms with E-state index in [-0.39, 0.29) is 5.95 Å². The Labute approximate surface area is 120 Å². The number of fused-ring (bicyclic) bond motifs is 1. The molecule has 8 heteroatoms. The lowest BCUT2D eigenvalue weighted by Gasteiger charge is -2.33. The zero-order chi connectivity index (χ0) is 14.2. The third kappa shape index (κ3) is 2.08. The van der Waals surface area contributed by atoms with Gasteiger partial charge in [-0.15, -0.1) is 0 Å². The maximum Gasteiger partial charge on any atom is 0.224 e. The number of hydrogen-bond acceptors (Lipinski definition) is 6. The fraction of sp³-hybridized carbons (Fsp3) is 0.385. The summed E-state index contributed by atoms with van der Waals surface area (Å²) < 4.78 is 0. The van der Waals surface area contributed by atoms with E-state index >= 15 is 0 Å². The Kier molecular flexibility index (Phi) is 2.73. The third-order valence-corrected chi connectivity index (χ3v) is 3.93. The van der Waals surface area contributed by atoms with Crippen molar-refractivity contribution in [2.45, 2.75) is 18.8 Å². The molecule has 0 radical (unpaired) electrons. The van der Waals surface area contributed by atoms with Crippen LogP contribution in [0.1, 0.15) is 24.6 Å². The Bertz CT molecular complexity index is 747. The molecule has 21 heavy (non-hydrogen) atoms. The molecule has 4 N–H and O–H groups in total. The summed E-state index contributed by atoms with van der Waals surface area (Å²) in [7, 11) is 0. The molecule has 0 spiro atoms. The molecule has 1 saturated heterocycles. The second-order valence-electron chi connectivity index (χ2n) is 5.30. The number of aromatic nitrogens is 6. The zero-order valence-electron chi connectivity index (χ0n) is 11.5. The van der Waals surface area contributed by atoms with Crippen LogP contribution >= 0.6 is 0 Å². The highest BCUT2D eigenvalue weighted by Gasteiger charge is 2.25. The van der Waals surface area contributed by atoms with E-state index < -0.39 is 0 Å². The van der Waals surface area contributed by atoms with Gasteiger partial charge in [-0.25, -0.2) is 4.98 Å². The average Bonchev–Trinajstić information content (AvgIpc) is 3.17. The molecule has 4 rings (SSSR count). The van der Waals surface area contributed by atoms with Crippen molar-refractivity contribution in [2.75, 3.05) is 23.7 Å². The van der Waals surface area contributed by atoms with Crippen LogP contribution in [0.4, 0.5) is 11.8 Å². The van der Waals surface area contributed by atoms with Crippen LogP contribution in [0, 0.1) is 0 Å². The molecule has 4 heterocycles. The molecule has 8 nitrogen and oxygen atoms in total. The first-order valence-electron chi connectivity index (χ1n) is 7.02. The van der Waals surface area contributed by atoms with Crippen molar-refractivity contribution < 1.29 is 0 Å². The molecule has 1 aliphatic heterocycles. The highest BCUT2D eigenvalue weighted by atomic mass is 15.2. The Morgan fingerprint density at radius 1 is 1.33 bits per heavy atom. The lowest BCUT2D eigenvalue weighted by molar-refractivity contribution is 0.492. The molecule has 108 valence electrons. The van der Waals surface area contributed by atoms with Crippen molar-refractivity contribution in [3.8, 4) is 0 Å². The highest BCUT2D eigenvalue weighted by molar-refractivity contribution is 5.87.